The molecule has 0 aliphatic rings. The average molecular weight is 276 g/mol. The van der Waals surface area contributed by atoms with Crippen LogP contribution in [-0.4, -0.2) is 23.5 Å². The third-order valence-corrected chi connectivity index (χ3v) is 3.36. The number of aldehydes is 1. The summed E-state index contributed by atoms with van der Waals surface area (Å²) in [5.41, 5.74) is -1.02. The SMILES string of the molecule is C=CC(=O)OC(C)(C)C(C)(C)Oc1ccc(C=O)cc1. The Kier molecular flexibility index (Phi) is 4.71. The summed E-state index contributed by atoms with van der Waals surface area (Å²) in [6.45, 7) is 10.6. The normalized spacial score (nSPS) is 11.6. The maximum atomic E-state index is 11.4. The molecule has 0 aliphatic carbocycles. The zero-order valence-electron chi connectivity index (χ0n) is 12.3. The molecule has 0 radical (unpaired) electrons. The van der Waals surface area contributed by atoms with Crippen LogP contribution >= 0.6 is 0 Å². The molecule has 1 aromatic carbocycles. The van der Waals surface area contributed by atoms with Crippen molar-refractivity contribution in [2.24, 2.45) is 0 Å². The summed E-state index contributed by atoms with van der Waals surface area (Å²) < 4.78 is 11.2. The highest BCUT2D eigenvalue weighted by molar-refractivity contribution is 5.81. The first-order chi connectivity index (χ1) is 9.21. The van der Waals surface area contributed by atoms with Crippen molar-refractivity contribution in [3.63, 3.8) is 0 Å². The van der Waals surface area contributed by atoms with Gasteiger partial charge in [0.1, 0.15) is 23.2 Å². The molecule has 1 rings (SSSR count). The van der Waals surface area contributed by atoms with Gasteiger partial charge in [0.2, 0.25) is 0 Å². The fraction of sp³-hybridized carbons (Fsp3) is 0.375. The topological polar surface area (TPSA) is 52.6 Å². The first kappa shape index (κ1) is 16.0. The monoisotopic (exact) mass is 276 g/mol. The van der Waals surface area contributed by atoms with E-state index >= 15 is 0 Å². The predicted octanol–water partition coefficient (Wildman–Crippen LogP) is 3.16. The molecule has 0 atom stereocenters. The van der Waals surface area contributed by atoms with Crippen LogP contribution in [0.25, 0.3) is 0 Å². The second-order valence-electron chi connectivity index (χ2n) is 5.43. The van der Waals surface area contributed by atoms with Gasteiger partial charge >= 0.3 is 5.97 Å². The number of carbonyl (C=O) groups is 2. The van der Waals surface area contributed by atoms with Crippen molar-refractivity contribution in [3.05, 3.63) is 42.5 Å². The van der Waals surface area contributed by atoms with Gasteiger partial charge in [-0.1, -0.05) is 6.58 Å². The molecule has 20 heavy (non-hydrogen) atoms. The second kappa shape index (κ2) is 5.90. The predicted molar refractivity (Wildman–Crippen MR) is 76.9 cm³/mol. The zero-order chi connectivity index (χ0) is 15.4. The Morgan fingerprint density at radius 3 is 2.10 bits per heavy atom. The molecule has 0 saturated carbocycles. The molecule has 0 bridgehead atoms. The van der Waals surface area contributed by atoms with Gasteiger partial charge in [-0.15, -0.1) is 0 Å². The molecule has 0 amide bonds. The molecule has 108 valence electrons. The number of hydrogen-bond acceptors (Lipinski definition) is 4. The molecule has 0 saturated heterocycles. The molecular weight excluding hydrogens is 256 g/mol. The van der Waals surface area contributed by atoms with Crippen LogP contribution in [0.5, 0.6) is 5.75 Å². The fourth-order valence-electron chi connectivity index (χ4n) is 1.45. The van der Waals surface area contributed by atoms with Crippen molar-refractivity contribution in [1.29, 1.82) is 0 Å². The van der Waals surface area contributed by atoms with E-state index in [1.165, 1.54) is 0 Å². The third-order valence-electron chi connectivity index (χ3n) is 3.36. The summed E-state index contributed by atoms with van der Waals surface area (Å²) >= 11 is 0. The molecule has 0 aliphatic heterocycles. The molecule has 4 heteroatoms. The van der Waals surface area contributed by atoms with Gasteiger partial charge in [-0.25, -0.2) is 4.79 Å². The highest BCUT2D eigenvalue weighted by Gasteiger charge is 2.42. The molecular formula is C16H20O4. The van der Waals surface area contributed by atoms with E-state index in [0.717, 1.165) is 12.4 Å². The van der Waals surface area contributed by atoms with E-state index in [9.17, 15) is 9.59 Å². The van der Waals surface area contributed by atoms with Crippen LogP contribution in [0.3, 0.4) is 0 Å². The van der Waals surface area contributed by atoms with E-state index in [0.29, 0.717) is 11.3 Å². The second-order valence-corrected chi connectivity index (χ2v) is 5.43. The van der Waals surface area contributed by atoms with Crippen molar-refractivity contribution in [2.45, 2.75) is 38.9 Å². The summed E-state index contributed by atoms with van der Waals surface area (Å²) in [4.78, 5) is 22.0. The molecule has 0 spiro atoms. The largest absolute Gasteiger partial charge is 0.484 e. The summed E-state index contributed by atoms with van der Waals surface area (Å²) in [6.07, 6.45) is 1.89. The molecule has 0 fully saturated rings. The van der Waals surface area contributed by atoms with E-state index in [1.807, 2.05) is 13.8 Å². The van der Waals surface area contributed by atoms with E-state index in [1.54, 1.807) is 38.1 Å². The van der Waals surface area contributed by atoms with Crippen molar-refractivity contribution >= 4 is 12.3 Å². The van der Waals surface area contributed by atoms with Gasteiger partial charge in [-0.2, -0.15) is 0 Å². The van der Waals surface area contributed by atoms with Crippen LogP contribution in [0.2, 0.25) is 0 Å². The zero-order valence-corrected chi connectivity index (χ0v) is 12.3. The number of carbonyl (C=O) groups excluding carboxylic acids is 2. The lowest BCUT2D eigenvalue weighted by Gasteiger charge is -2.40. The van der Waals surface area contributed by atoms with Crippen LogP contribution in [0, 0.1) is 0 Å². The van der Waals surface area contributed by atoms with Gasteiger partial charge in [0.05, 0.1) is 0 Å². The summed E-state index contributed by atoms with van der Waals surface area (Å²) in [6, 6.07) is 6.75. The van der Waals surface area contributed by atoms with Crippen LogP contribution in [-0.2, 0) is 9.53 Å². The van der Waals surface area contributed by atoms with Crippen LogP contribution < -0.4 is 4.74 Å². The van der Waals surface area contributed by atoms with Gasteiger partial charge < -0.3 is 9.47 Å². The van der Waals surface area contributed by atoms with Crippen molar-refractivity contribution in [3.8, 4) is 5.75 Å². The van der Waals surface area contributed by atoms with Gasteiger partial charge in [-0.3, -0.25) is 4.79 Å². The Bertz CT molecular complexity index is 498. The maximum absolute atomic E-state index is 11.4. The van der Waals surface area contributed by atoms with Gasteiger partial charge in [-0.05, 0) is 52.0 Å². The summed E-state index contributed by atoms with van der Waals surface area (Å²) in [5, 5.41) is 0. The number of benzene rings is 1. The molecule has 4 nitrogen and oxygen atoms in total. The lowest BCUT2D eigenvalue weighted by Crippen LogP contribution is -2.52. The van der Waals surface area contributed by atoms with Gasteiger partial charge in [0.25, 0.3) is 0 Å². The van der Waals surface area contributed by atoms with Crippen molar-refractivity contribution in [2.75, 3.05) is 0 Å². The first-order valence-corrected chi connectivity index (χ1v) is 6.31. The standard InChI is InChI=1S/C16H20O4/c1-6-14(18)20-16(4,5)15(2,3)19-13-9-7-12(11-17)8-10-13/h6-11H,1H2,2-5H3. The maximum Gasteiger partial charge on any atom is 0.330 e. The van der Waals surface area contributed by atoms with Gasteiger partial charge in [0, 0.05) is 11.6 Å². The Hall–Kier alpha value is -2.10. The van der Waals surface area contributed by atoms with E-state index < -0.39 is 17.2 Å². The number of hydrogen-bond donors (Lipinski definition) is 0. The van der Waals surface area contributed by atoms with E-state index in [4.69, 9.17) is 9.47 Å². The van der Waals surface area contributed by atoms with E-state index in [-0.39, 0.29) is 0 Å². The quantitative estimate of drug-likeness (QED) is 0.455. The third kappa shape index (κ3) is 3.70. The minimum atomic E-state index is -0.846. The molecule has 0 N–H and O–H groups in total. The number of ether oxygens (including phenoxy) is 2. The Labute approximate surface area is 119 Å². The highest BCUT2D eigenvalue weighted by Crippen LogP contribution is 2.31. The minimum absolute atomic E-state index is 0.497. The van der Waals surface area contributed by atoms with Crippen LogP contribution in [0.4, 0.5) is 0 Å². The average Bonchev–Trinajstić information content (AvgIpc) is 2.38. The minimum Gasteiger partial charge on any atom is -0.484 e. The first-order valence-electron chi connectivity index (χ1n) is 6.31. The number of esters is 1. The summed E-state index contributed by atoms with van der Waals surface area (Å²) in [5.74, 6) is 0.103. The Balaban J connectivity index is 2.88. The molecule has 0 aromatic heterocycles. The van der Waals surface area contributed by atoms with Crippen LogP contribution in [0.1, 0.15) is 38.1 Å². The smallest absolute Gasteiger partial charge is 0.330 e. The fourth-order valence-corrected chi connectivity index (χ4v) is 1.45. The highest BCUT2D eigenvalue weighted by atomic mass is 16.6. The molecule has 0 unspecified atom stereocenters. The van der Waals surface area contributed by atoms with Crippen LogP contribution in [0.15, 0.2) is 36.9 Å². The molecule has 0 heterocycles. The molecule has 1 aromatic rings. The van der Waals surface area contributed by atoms with Crippen molar-refractivity contribution < 1.29 is 19.1 Å². The number of rotatable bonds is 6. The summed E-state index contributed by atoms with van der Waals surface area (Å²) in [7, 11) is 0. The Morgan fingerprint density at radius 1 is 1.10 bits per heavy atom. The Morgan fingerprint density at radius 2 is 1.65 bits per heavy atom. The van der Waals surface area contributed by atoms with Crippen molar-refractivity contribution in [1.82, 2.24) is 0 Å². The lowest BCUT2D eigenvalue weighted by atomic mass is 9.89. The lowest BCUT2D eigenvalue weighted by molar-refractivity contribution is -0.170. The van der Waals surface area contributed by atoms with Gasteiger partial charge in [0.15, 0.2) is 0 Å². The van der Waals surface area contributed by atoms with E-state index in [2.05, 4.69) is 6.58 Å².